The van der Waals surface area contributed by atoms with Gasteiger partial charge in [0, 0.05) is 0 Å². The van der Waals surface area contributed by atoms with Crippen LogP contribution in [0.4, 0.5) is 0 Å². The van der Waals surface area contributed by atoms with E-state index in [-0.39, 0.29) is 5.97 Å². The molecule has 0 heterocycles. The van der Waals surface area contributed by atoms with Crippen molar-refractivity contribution in [1.29, 1.82) is 0 Å². The minimum absolute atomic E-state index is 0.0774. The Labute approximate surface area is 102 Å². The van der Waals surface area contributed by atoms with Gasteiger partial charge in [-0.15, -0.1) is 0 Å². The third kappa shape index (κ3) is 2.07. The van der Waals surface area contributed by atoms with Crippen molar-refractivity contribution in [3.8, 4) is 0 Å². The van der Waals surface area contributed by atoms with Crippen LogP contribution in [0, 0.1) is 5.92 Å². The lowest BCUT2D eigenvalue weighted by Crippen LogP contribution is -2.28. The predicted octanol–water partition coefficient (Wildman–Crippen LogP) is 1.73. The molecule has 2 rings (SSSR count). The van der Waals surface area contributed by atoms with Crippen molar-refractivity contribution in [2.75, 3.05) is 20.2 Å². The van der Waals surface area contributed by atoms with Crippen LogP contribution in [-0.2, 0) is 14.9 Å². The highest BCUT2D eigenvalue weighted by atomic mass is 16.5. The maximum Gasteiger partial charge on any atom is 0.316 e. The van der Waals surface area contributed by atoms with Crippen LogP contribution in [0.25, 0.3) is 0 Å². The second kappa shape index (κ2) is 4.88. The van der Waals surface area contributed by atoms with E-state index in [4.69, 9.17) is 4.74 Å². The molecule has 1 aromatic rings. The number of nitrogens with one attached hydrogen (secondary N) is 1. The van der Waals surface area contributed by atoms with Crippen molar-refractivity contribution in [3.63, 3.8) is 0 Å². The number of benzene rings is 1. The summed E-state index contributed by atoms with van der Waals surface area (Å²) in [5, 5.41) is 3.14. The standard InChI is InChI=1S/C14H19NO2/c1-3-17-13(16)14(9-12(14)10-15-2)11-7-5-4-6-8-11/h4-8,12,15H,3,9-10H2,1-2H3/t12?,14-/m1/s1. The Morgan fingerprint density at radius 2 is 2.18 bits per heavy atom. The molecule has 1 aromatic carbocycles. The number of rotatable bonds is 5. The van der Waals surface area contributed by atoms with E-state index in [1.54, 1.807) is 0 Å². The molecule has 1 aliphatic rings. The van der Waals surface area contributed by atoms with Crippen LogP contribution >= 0.6 is 0 Å². The molecule has 3 heteroatoms. The van der Waals surface area contributed by atoms with Gasteiger partial charge >= 0.3 is 5.97 Å². The van der Waals surface area contributed by atoms with Crippen LogP contribution in [0.1, 0.15) is 18.9 Å². The SMILES string of the molecule is CCOC(=O)[C@@]1(c2ccccc2)CC1CNC. The molecular formula is C14H19NO2. The molecule has 1 unspecified atom stereocenters. The number of carbonyl (C=O) groups is 1. The van der Waals surface area contributed by atoms with Crippen molar-refractivity contribution in [1.82, 2.24) is 5.32 Å². The van der Waals surface area contributed by atoms with Gasteiger partial charge in [-0.25, -0.2) is 0 Å². The van der Waals surface area contributed by atoms with Crippen LogP contribution in [-0.4, -0.2) is 26.2 Å². The summed E-state index contributed by atoms with van der Waals surface area (Å²) in [4.78, 5) is 12.2. The Hall–Kier alpha value is -1.35. The molecule has 1 N–H and O–H groups in total. The largest absolute Gasteiger partial charge is 0.465 e. The summed E-state index contributed by atoms with van der Waals surface area (Å²) in [6.45, 7) is 3.15. The van der Waals surface area contributed by atoms with Gasteiger partial charge in [0.25, 0.3) is 0 Å². The minimum atomic E-state index is -0.402. The van der Waals surface area contributed by atoms with Gasteiger partial charge in [-0.3, -0.25) is 4.79 Å². The highest BCUT2D eigenvalue weighted by Crippen LogP contribution is 2.54. The number of hydrogen-bond acceptors (Lipinski definition) is 3. The summed E-state index contributed by atoms with van der Waals surface area (Å²) in [5.41, 5.74) is 0.680. The van der Waals surface area contributed by atoms with Crippen LogP contribution in [0.2, 0.25) is 0 Å². The summed E-state index contributed by atoms with van der Waals surface area (Å²) in [6, 6.07) is 9.97. The van der Waals surface area contributed by atoms with E-state index in [1.807, 2.05) is 44.3 Å². The van der Waals surface area contributed by atoms with E-state index >= 15 is 0 Å². The Kier molecular flexibility index (Phi) is 3.48. The summed E-state index contributed by atoms with van der Waals surface area (Å²) < 4.78 is 5.23. The van der Waals surface area contributed by atoms with Gasteiger partial charge in [-0.1, -0.05) is 30.3 Å². The predicted molar refractivity (Wildman–Crippen MR) is 66.8 cm³/mol. The van der Waals surface area contributed by atoms with Crippen molar-refractivity contribution in [2.45, 2.75) is 18.8 Å². The van der Waals surface area contributed by atoms with Crippen molar-refractivity contribution >= 4 is 5.97 Å². The zero-order chi connectivity index (χ0) is 12.3. The lowest BCUT2D eigenvalue weighted by atomic mass is 9.93. The fourth-order valence-corrected chi connectivity index (χ4v) is 2.54. The van der Waals surface area contributed by atoms with E-state index in [9.17, 15) is 4.79 Å². The normalized spacial score (nSPS) is 26.6. The number of ether oxygens (including phenoxy) is 1. The van der Waals surface area contributed by atoms with Gasteiger partial charge in [0.05, 0.1) is 12.0 Å². The maximum absolute atomic E-state index is 12.2. The van der Waals surface area contributed by atoms with Crippen LogP contribution in [0.15, 0.2) is 30.3 Å². The van der Waals surface area contributed by atoms with Gasteiger partial charge < -0.3 is 10.1 Å². The molecule has 0 aromatic heterocycles. The lowest BCUT2D eigenvalue weighted by Gasteiger charge is -2.16. The summed E-state index contributed by atoms with van der Waals surface area (Å²) in [7, 11) is 1.92. The quantitative estimate of drug-likeness (QED) is 0.787. The molecule has 0 bridgehead atoms. The monoisotopic (exact) mass is 233 g/mol. The summed E-state index contributed by atoms with van der Waals surface area (Å²) >= 11 is 0. The average Bonchev–Trinajstić information content (AvgIpc) is 3.07. The second-order valence-corrected chi connectivity index (χ2v) is 4.52. The molecular weight excluding hydrogens is 214 g/mol. The fourth-order valence-electron chi connectivity index (χ4n) is 2.54. The first-order valence-corrected chi connectivity index (χ1v) is 6.13. The molecule has 1 saturated carbocycles. The zero-order valence-electron chi connectivity index (χ0n) is 10.4. The van der Waals surface area contributed by atoms with Crippen LogP contribution < -0.4 is 5.32 Å². The molecule has 0 spiro atoms. The number of hydrogen-bond donors (Lipinski definition) is 1. The third-order valence-corrected chi connectivity index (χ3v) is 3.48. The van der Waals surface area contributed by atoms with E-state index < -0.39 is 5.41 Å². The Bertz CT molecular complexity index is 390. The number of esters is 1. The highest BCUT2D eigenvalue weighted by molar-refractivity contribution is 5.87. The minimum Gasteiger partial charge on any atom is -0.465 e. The molecule has 17 heavy (non-hydrogen) atoms. The average molecular weight is 233 g/mol. The topological polar surface area (TPSA) is 38.3 Å². The van der Waals surface area contributed by atoms with Crippen molar-refractivity contribution < 1.29 is 9.53 Å². The molecule has 3 nitrogen and oxygen atoms in total. The fraction of sp³-hybridized carbons (Fsp3) is 0.500. The van der Waals surface area contributed by atoms with Crippen LogP contribution in [0.3, 0.4) is 0 Å². The van der Waals surface area contributed by atoms with Gasteiger partial charge in [0.1, 0.15) is 0 Å². The molecule has 1 aliphatic carbocycles. The van der Waals surface area contributed by atoms with Gasteiger partial charge in [-0.05, 0) is 38.4 Å². The second-order valence-electron chi connectivity index (χ2n) is 4.52. The number of carbonyl (C=O) groups excluding carboxylic acids is 1. The van der Waals surface area contributed by atoms with Crippen molar-refractivity contribution in [3.05, 3.63) is 35.9 Å². The molecule has 0 radical (unpaired) electrons. The molecule has 92 valence electrons. The molecule has 1 fully saturated rings. The van der Waals surface area contributed by atoms with E-state index in [1.165, 1.54) is 0 Å². The van der Waals surface area contributed by atoms with Crippen molar-refractivity contribution in [2.24, 2.45) is 5.92 Å². The van der Waals surface area contributed by atoms with E-state index in [2.05, 4.69) is 5.32 Å². The Balaban J connectivity index is 2.25. The molecule has 0 saturated heterocycles. The Morgan fingerprint density at radius 3 is 2.76 bits per heavy atom. The smallest absolute Gasteiger partial charge is 0.316 e. The highest BCUT2D eigenvalue weighted by Gasteiger charge is 2.61. The molecule has 0 aliphatic heterocycles. The third-order valence-electron chi connectivity index (χ3n) is 3.48. The first-order valence-electron chi connectivity index (χ1n) is 6.13. The van der Waals surface area contributed by atoms with E-state index in [0.717, 1.165) is 18.5 Å². The van der Waals surface area contributed by atoms with Crippen LogP contribution in [0.5, 0.6) is 0 Å². The first kappa shape index (κ1) is 12.1. The zero-order valence-corrected chi connectivity index (χ0v) is 10.4. The maximum atomic E-state index is 12.2. The van der Waals surface area contributed by atoms with Gasteiger partial charge in [-0.2, -0.15) is 0 Å². The molecule has 0 amide bonds. The van der Waals surface area contributed by atoms with Gasteiger partial charge in [0.2, 0.25) is 0 Å². The Morgan fingerprint density at radius 1 is 1.47 bits per heavy atom. The first-order chi connectivity index (χ1) is 8.25. The van der Waals surface area contributed by atoms with Gasteiger partial charge in [0.15, 0.2) is 0 Å². The molecule has 2 atom stereocenters. The lowest BCUT2D eigenvalue weighted by molar-refractivity contribution is -0.146. The summed E-state index contributed by atoms with van der Waals surface area (Å²) in [6.07, 6.45) is 0.886. The van der Waals surface area contributed by atoms with E-state index in [0.29, 0.717) is 12.5 Å². The summed E-state index contributed by atoms with van der Waals surface area (Å²) in [5.74, 6) is 0.278.